The van der Waals surface area contributed by atoms with Gasteiger partial charge in [-0.25, -0.2) is 4.98 Å². The predicted octanol–water partition coefficient (Wildman–Crippen LogP) is 0.683. The van der Waals surface area contributed by atoms with Gasteiger partial charge in [0.1, 0.15) is 12.4 Å². The van der Waals surface area contributed by atoms with Crippen LogP contribution in [-0.4, -0.2) is 55.0 Å². The number of anilines is 1. The summed E-state index contributed by atoms with van der Waals surface area (Å²) in [5, 5.41) is 0. The second-order valence-corrected chi connectivity index (χ2v) is 5.84. The van der Waals surface area contributed by atoms with Crippen molar-refractivity contribution in [3.8, 4) is 0 Å². The standard InChI is InChI=1S/C15H19N3O3/c1-21-9-14(20)17-7-5-15(10-17)8-13(19)18(11-15)12-4-2-3-6-16-12/h2-4,6H,5,7-11H2,1H3/t15-/m0/s1. The highest BCUT2D eigenvalue weighted by Gasteiger charge is 2.48. The molecule has 3 heterocycles. The van der Waals surface area contributed by atoms with Gasteiger partial charge in [0.05, 0.1) is 0 Å². The third-order valence-corrected chi connectivity index (χ3v) is 4.31. The second-order valence-electron chi connectivity index (χ2n) is 5.84. The number of pyridine rings is 1. The number of carbonyl (C=O) groups excluding carboxylic acids is 2. The molecule has 1 atom stereocenters. The number of aromatic nitrogens is 1. The fraction of sp³-hybridized carbons (Fsp3) is 0.533. The smallest absolute Gasteiger partial charge is 0.248 e. The number of nitrogens with zero attached hydrogens (tertiary/aromatic N) is 3. The monoisotopic (exact) mass is 289 g/mol. The van der Waals surface area contributed by atoms with Gasteiger partial charge < -0.3 is 9.64 Å². The number of amides is 2. The molecule has 1 aromatic rings. The summed E-state index contributed by atoms with van der Waals surface area (Å²) in [5.41, 5.74) is -0.127. The molecule has 2 aliphatic heterocycles. The van der Waals surface area contributed by atoms with Crippen molar-refractivity contribution in [2.45, 2.75) is 12.8 Å². The Morgan fingerprint density at radius 3 is 3.00 bits per heavy atom. The lowest BCUT2D eigenvalue weighted by Gasteiger charge is -2.23. The number of carbonyl (C=O) groups is 2. The van der Waals surface area contributed by atoms with Crippen molar-refractivity contribution in [2.75, 3.05) is 38.3 Å². The van der Waals surface area contributed by atoms with E-state index in [1.54, 1.807) is 16.0 Å². The molecule has 1 spiro atoms. The van der Waals surface area contributed by atoms with Crippen molar-refractivity contribution in [1.82, 2.24) is 9.88 Å². The van der Waals surface area contributed by atoms with Crippen LogP contribution < -0.4 is 4.90 Å². The molecule has 0 bridgehead atoms. The largest absolute Gasteiger partial charge is 0.375 e. The Balaban J connectivity index is 1.72. The van der Waals surface area contributed by atoms with Crippen LogP contribution >= 0.6 is 0 Å². The molecule has 6 heteroatoms. The van der Waals surface area contributed by atoms with Crippen molar-refractivity contribution in [2.24, 2.45) is 5.41 Å². The maximum Gasteiger partial charge on any atom is 0.248 e. The average Bonchev–Trinajstić information content (AvgIpc) is 3.04. The molecule has 2 saturated heterocycles. The topological polar surface area (TPSA) is 62.7 Å². The normalized spacial score (nSPS) is 25.1. The van der Waals surface area contributed by atoms with Crippen molar-refractivity contribution >= 4 is 17.6 Å². The van der Waals surface area contributed by atoms with Crippen molar-refractivity contribution in [3.63, 3.8) is 0 Å². The van der Waals surface area contributed by atoms with Gasteiger partial charge in [-0.2, -0.15) is 0 Å². The van der Waals surface area contributed by atoms with E-state index in [0.717, 1.165) is 6.42 Å². The molecule has 0 aliphatic carbocycles. The van der Waals surface area contributed by atoms with E-state index < -0.39 is 0 Å². The third kappa shape index (κ3) is 2.63. The fourth-order valence-corrected chi connectivity index (χ4v) is 3.25. The highest BCUT2D eigenvalue weighted by Crippen LogP contribution is 2.41. The average molecular weight is 289 g/mol. The molecule has 0 N–H and O–H groups in total. The highest BCUT2D eigenvalue weighted by atomic mass is 16.5. The zero-order chi connectivity index (χ0) is 14.9. The first-order valence-electron chi connectivity index (χ1n) is 7.12. The summed E-state index contributed by atoms with van der Waals surface area (Å²) < 4.78 is 4.90. The Labute approximate surface area is 123 Å². The first-order chi connectivity index (χ1) is 10.1. The van der Waals surface area contributed by atoms with Crippen LogP contribution in [0.2, 0.25) is 0 Å². The maximum atomic E-state index is 12.3. The van der Waals surface area contributed by atoms with Gasteiger partial charge in [0.15, 0.2) is 0 Å². The minimum atomic E-state index is -0.127. The van der Waals surface area contributed by atoms with E-state index in [2.05, 4.69) is 4.98 Å². The van der Waals surface area contributed by atoms with Crippen molar-refractivity contribution in [1.29, 1.82) is 0 Å². The Morgan fingerprint density at radius 1 is 1.43 bits per heavy atom. The SMILES string of the molecule is COCC(=O)N1CC[C@]2(CC(=O)N(c3ccccn3)C2)C1. The van der Waals surface area contributed by atoms with Gasteiger partial charge in [0, 0.05) is 44.8 Å². The number of hydrogen-bond acceptors (Lipinski definition) is 4. The van der Waals surface area contributed by atoms with Crippen LogP contribution in [0.15, 0.2) is 24.4 Å². The molecule has 2 fully saturated rings. The molecule has 0 saturated carbocycles. The first-order valence-corrected chi connectivity index (χ1v) is 7.12. The zero-order valence-corrected chi connectivity index (χ0v) is 12.1. The molecular formula is C15H19N3O3. The Morgan fingerprint density at radius 2 is 2.29 bits per heavy atom. The molecule has 112 valence electrons. The number of hydrogen-bond donors (Lipinski definition) is 0. The van der Waals surface area contributed by atoms with Crippen LogP contribution in [0.5, 0.6) is 0 Å². The van der Waals surface area contributed by atoms with Gasteiger partial charge in [-0.3, -0.25) is 14.5 Å². The van der Waals surface area contributed by atoms with Gasteiger partial charge in [-0.15, -0.1) is 0 Å². The van der Waals surface area contributed by atoms with E-state index in [0.29, 0.717) is 31.9 Å². The van der Waals surface area contributed by atoms with Crippen LogP contribution in [0, 0.1) is 5.41 Å². The Bertz CT molecular complexity index is 548. The van der Waals surface area contributed by atoms with E-state index in [1.165, 1.54) is 7.11 Å². The summed E-state index contributed by atoms with van der Waals surface area (Å²) in [6.45, 7) is 2.07. The molecule has 0 radical (unpaired) electrons. The van der Waals surface area contributed by atoms with Crippen LogP contribution in [0.25, 0.3) is 0 Å². The molecule has 2 amide bonds. The number of methoxy groups -OCH3 is 1. The molecule has 2 aliphatic rings. The van der Waals surface area contributed by atoms with Gasteiger partial charge in [0.25, 0.3) is 0 Å². The summed E-state index contributed by atoms with van der Waals surface area (Å²) in [6.07, 6.45) is 3.04. The van der Waals surface area contributed by atoms with Crippen LogP contribution in [-0.2, 0) is 14.3 Å². The highest BCUT2D eigenvalue weighted by molar-refractivity contribution is 5.95. The fourth-order valence-electron chi connectivity index (χ4n) is 3.25. The van der Waals surface area contributed by atoms with Gasteiger partial charge in [0.2, 0.25) is 11.8 Å². The molecule has 0 aromatic carbocycles. The molecule has 21 heavy (non-hydrogen) atoms. The summed E-state index contributed by atoms with van der Waals surface area (Å²) in [4.78, 5) is 32.0. The van der Waals surface area contributed by atoms with Gasteiger partial charge >= 0.3 is 0 Å². The van der Waals surface area contributed by atoms with E-state index >= 15 is 0 Å². The van der Waals surface area contributed by atoms with Gasteiger partial charge in [-0.05, 0) is 18.6 Å². The lowest BCUT2D eigenvalue weighted by molar-refractivity contribution is -0.134. The molecule has 3 rings (SSSR count). The molecule has 6 nitrogen and oxygen atoms in total. The van der Waals surface area contributed by atoms with Crippen molar-refractivity contribution < 1.29 is 14.3 Å². The van der Waals surface area contributed by atoms with E-state index in [1.807, 2.05) is 18.2 Å². The summed E-state index contributed by atoms with van der Waals surface area (Å²) in [7, 11) is 1.52. The number of ether oxygens (including phenoxy) is 1. The van der Waals surface area contributed by atoms with E-state index in [9.17, 15) is 9.59 Å². The van der Waals surface area contributed by atoms with Crippen molar-refractivity contribution in [3.05, 3.63) is 24.4 Å². The Hall–Kier alpha value is -1.95. The number of rotatable bonds is 3. The summed E-state index contributed by atoms with van der Waals surface area (Å²) in [5.74, 6) is 0.786. The second kappa shape index (κ2) is 5.44. The first kappa shape index (κ1) is 14.0. The molecular weight excluding hydrogens is 270 g/mol. The summed E-state index contributed by atoms with van der Waals surface area (Å²) >= 11 is 0. The van der Waals surface area contributed by atoms with E-state index in [4.69, 9.17) is 4.74 Å². The quantitative estimate of drug-likeness (QED) is 0.821. The lowest BCUT2D eigenvalue weighted by atomic mass is 9.86. The maximum absolute atomic E-state index is 12.3. The lowest BCUT2D eigenvalue weighted by Crippen LogP contribution is -2.35. The Kier molecular flexibility index (Phi) is 3.63. The summed E-state index contributed by atoms with van der Waals surface area (Å²) in [6, 6.07) is 5.56. The zero-order valence-electron chi connectivity index (χ0n) is 12.1. The van der Waals surface area contributed by atoms with E-state index in [-0.39, 0.29) is 23.8 Å². The number of likely N-dealkylation sites (tertiary alicyclic amines) is 1. The van der Waals surface area contributed by atoms with Crippen LogP contribution in [0.3, 0.4) is 0 Å². The molecule has 0 unspecified atom stereocenters. The third-order valence-electron chi connectivity index (χ3n) is 4.31. The molecule has 1 aromatic heterocycles. The van der Waals surface area contributed by atoms with Gasteiger partial charge in [-0.1, -0.05) is 6.07 Å². The minimum absolute atomic E-state index is 0.00175. The van der Waals surface area contributed by atoms with Crippen LogP contribution in [0.1, 0.15) is 12.8 Å². The predicted molar refractivity (Wildman–Crippen MR) is 76.7 cm³/mol. The van der Waals surface area contributed by atoms with Crippen LogP contribution in [0.4, 0.5) is 5.82 Å². The minimum Gasteiger partial charge on any atom is -0.375 e.